The molecule has 0 bridgehead atoms. The lowest BCUT2D eigenvalue weighted by Crippen LogP contribution is -2.37. The Bertz CT molecular complexity index is 571. The molecular weight excluding hydrogens is 302 g/mol. The van der Waals surface area contributed by atoms with Crippen LogP contribution in [0, 0.1) is 6.92 Å². The van der Waals surface area contributed by atoms with Crippen molar-refractivity contribution in [2.45, 2.75) is 30.5 Å². The topological polar surface area (TPSA) is 54.0 Å². The number of carbonyl (C=O) groups is 1. The van der Waals surface area contributed by atoms with E-state index in [0.717, 1.165) is 9.88 Å². The molecule has 0 saturated heterocycles. The number of urea groups is 1. The summed E-state index contributed by atoms with van der Waals surface area (Å²) in [5.74, 6) is 0. The average Bonchev–Trinajstić information content (AvgIpc) is 2.90. The van der Waals surface area contributed by atoms with Gasteiger partial charge in [0.25, 0.3) is 0 Å². The zero-order valence-corrected chi connectivity index (χ0v) is 13.8. The third kappa shape index (κ3) is 5.77. The Hall–Kier alpha value is -1.53. The van der Waals surface area contributed by atoms with Crippen LogP contribution in [0.3, 0.4) is 0 Å². The van der Waals surface area contributed by atoms with E-state index in [1.54, 1.807) is 29.3 Å². The van der Waals surface area contributed by atoms with Crippen molar-refractivity contribution in [3.63, 3.8) is 0 Å². The zero-order chi connectivity index (χ0) is 15.1. The number of aromatic nitrogens is 1. The number of rotatable bonds is 6. The van der Waals surface area contributed by atoms with Crippen LogP contribution in [-0.4, -0.2) is 22.8 Å². The lowest BCUT2D eigenvalue weighted by molar-refractivity contribution is 0.240. The molecule has 0 radical (unpaired) electrons. The highest BCUT2D eigenvalue weighted by atomic mass is 32.2. The first-order valence-corrected chi connectivity index (χ1v) is 8.48. The van der Waals surface area contributed by atoms with Gasteiger partial charge in [0.1, 0.15) is 0 Å². The molecule has 2 amide bonds. The quantitative estimate of drug-likeness (QED) is 0.802. The Morgan fingerprint density at radius 3 is 2.76 bits per heavy atom. The van der Waals surface area contributed by atoms with Crippen LogP contribution in [0.4, 0.5) is 4.79 Å². The highest BCUT2D eigenvalue weighted by molar-refractivity contribution is 8.00. The summed E-state index contributed by atoms with van der Waals surface area (Å²) in [5.41, 5.74) is 0. The predicted molar refractivity (Wildman–Crippen MR) is 88.9 cm³/mol. The summed E-state index contributed by atoms with van der Waals surface area (Å²) in [7, 11) is 0. The number of thiazole rings is 1. The molecule has 1 unspecified atom stereocenters. The number of hydrogen-bond donors (Lipinski definition) is 2. The predicted octanol–water partition coefficient (Wildman–Crippen LogP) is 3.43. The number of aryl methyl sites for hydroxylation is 1. The van der Waals surface area contributed by atoms with Gasteiger partial charge < -0.3 is 10.6 Å². The van der Waals surface area contributed by atoms with E-state index in [9.17, 15) is 4.79 Å². The van der Waals surface area contributed by atoms with Crippen molar-refractivity contribution in [1.29, 1.82) is 0 Å². The largest absolute Gasteiger partial charge is 0.337 e. The first-order valence-electron chi connectivity index (χ1n) is 6.78. The molecule has 0 aliphatic rings. The molecule has 2 aromatic rings. The number of carbonyl (C=O) groups excluding carboxylic acids is 1. The zero-order valence-electron chi connectivity index (χ0n) is 12.1. The molecule has 2 N–H and O–H groups in total. The Morgan fingerprint density at radius 2 is 2.10 bits per heavy atom. The Kier molecular flexibility index (Phi) is 6.07. The molecular formula is C15H19N3OS2. The Labute approximate surface area is 133 Å². The van der Waals surface area contributed by atoms with Crippen molar-refractivity contribution in [3.05, 3.63) is 46.4 Å². The van der Waals surface area contributed by atoms with E-state index in [2.05, 4.69) is 34.7 Å². The van der Waals surface area contributed by atoms with Gasteiger partial charge in [0.15, 0.2) is 0 Å². The van der Waals surface area contributed by atoms with E-state index in [1.807, 2.05) is 25.1 Å². The minimum absolute atomic E-state index is 0.137. The minimum atomic E-state index is -0.137. The molecule has 0 aliphatic heterocycles. The maximum absolute atomic E-state index is 11.7. The number of hydrogen-bond acceptors (Lipinski definition) is 4. The fourth-order valence-corrected chi connectivity index (χ4v) is 3.41. The second kappa shape index (κ2) is 8.05. The highest BCUT2D eigenvalue weighted by Crippen LogP contribution is 2.21. The molecule has 0 saturated carbocycles. The van der Waals surface area contributed by atoms with Crippen molar-refractivity contribution in [1.82, 2.24) is 15.6 Å². The molecule has 112 valence electrons. The van der Waals surface area contributed by atoms with Gasteiger partial charge in [0, 0.05) is 27.8 Å². The van der Waals surface area contributed by atoms with E-state index < -0.39 is 0 Å². The van der Waals surface area contributed by atoms with Gasteiger partial charge in [-0.3, -0.25) is 0 Å². The summed E-state index contributed by atoms with van der Waals surface area (Å²) in [6.45, 7) is 5.21. The summed E-state index contributed by atoms with van der Waals surface area (Å²) in [4.78, 5) is 18.2. The molecule has 4 nitrogen and oxygen atoms in total. The van der Waals surface area contributed by atoms with Gasteiger partial charge in [0.05, 0.1) is 11.6 Å². The molecule has 0 fully saturated rings. The van der Waals surface area contributed by atoms with Crippen LogP contribution < -0.4 is 10.6 Å². The van der Waals surface area contributed by atoms with Crippen molar-refractivity contribution >= 4 is 29.1 Å². The first-order chi connectivity index (χ1) is 10.1. The van der Waals surface area contributed by atoms with Crippen LogP contribution >= 0.6 is 23.1 Å². The van der Waals surface area contributed by atoms with E-state index >= 15 is 0 Å². The number of benzene rings is 1. The fraction of sp³-hybridized carbons (Fsp3) is 0.333. The molecule has 1 atom stereocenters. The summed E-state index contributed by atoms with van der Waals surface area (Å²) in [6, 6.07) is 10.1. The second-order valence-electron chi connectivity index (χ2n) is 4.65. The van der Waals surface area contributed by atoms with Crippen LogP contribution in [0.2, 0.25) is 0 Å². The number of thioether (sulfide) groups is 1. The van der Waals surface area contributed by atoms with E-state index in [0.29, 0.717) is 18.3 Å². The van der Waals surface area contributed by atoms with Crippen LogP contribution in [0.5, 0.6) is 0 Å². The molecule has 0 aliphatic carbocycles. The third-order valence-corrected chi connectivity index (χ3v) is 4.75. The van der Waals surface area contributed by atoms with Crippen molar-refractivity contribution in [2.24, 2.45) is 0 Å². The lowest BCUT2D eigenvalue weighted by Gasteiger charge is -2.12. The van der Waals surface area contributed by atoms with Gasteiger partial charge in [-0.05, 0) is 19.1 Å². The average molecular weight is 321 g/mol. The summed E-state index contributed by atoms with van der Waals surface area (Å²) < 4.78 is 0. The van der Waals surface area contributed by atoms with Crippen LogP contribution in [0.15, 0.2) is 41.4 Å². The van der Waals surface area contributed by atoms with Crippen LogP contribution in [0.25, 0.3) is 0 Å². The summed E-state index contributed by atoms with van der Waals surface area (Å²) in [5, 5.41) is 7.07. The van der Waals surface area contributed by atoms with Gasteiger partial charge in [-0.25, -0.2) is 9.78 Å². The monoisotopic (exact) mass is 321 g/mol. The fourth-order valence-electron chi connectivity index (χ4n) is 1.73. The van der Waals surface area contributed by atoms with E-state index in [4.69, 9.17) is 0 Å². The summed E-state index contributed by atoms with van der Waals surface area (Å²) >= 11 is 3.35. The van der Waals surface area contributed by atoms with Gasteiger partial charge >= 0.3 is 6.03 Å². The van der Waals surface area contributed by atoms with Gasteiger partial charge in [0.2, 0.25) is 0 Å². The molecule has 1 aromatic carbocycles. The molecule has 21 heavy (non-hydrogen) atoms. The van der Waals surface area contributed by atoms with Gasteiger partial charge in [-0.1, -0.05) is 25.1 Å². The molecule has 1 aromatic heterocycles. The van der Waals surface area contributed by atoms with Crippen molar-refractivity contribution in [2.75, 3.05) is 6.54 Å². The normalized spacial score (nSPS) is 11.9. The standard InChI is InChI=1S/C15H19N3OS2/c1-11(20-13-6-4-3-5-7-13)8-17-15(19)18-10-14-9-16-12(2)21-14/h3-7,9,11H,8,10H2,1-2H3,(H2,17,18,19). The van der Waals surface area contributed by atoms with Crippen molar-refractivity contribution in [3.8, 4) is 0 Å². The maximum atomic E-state index is 11.7. The second-order valence-corrected chi connectivity index (χ2v) is 7.48. The SMILES string of the molecule is Cc1ncc(CNC(=O)NCC(C)Sc2ccccc2)s1. The Morgan fingerprint density at radius 1 is 1.33 bits per heavy atom. The highest BCUT2D eigenvalue weighted by Gasteiger charge is 2.07. The first kappa shape index (κ1) is 15.9. The van der Waals surface area contributed by atoms with Crippen LogP contribution in [0.1, 0.15) is 16.8 Å². The molecule has 0 spiro atoms. The smallest absolute Gasteiger partial charge is 0.315 e. The lowest BCUT2D eigenvalue weighted by atomic mass is 10.4. The number of amides is 2. The maximum Gasteiger partial charge on any atom is 0.315 e. The molecule has 6 heteroatoms. The minimum Gasteiger partial charge on any atom is -0.337 e. The molecule has 2 rings (SSSR count). The van der Waals surface area contributed by atoms with Gasteiger partial charge in [-0.15, -0.1) is 23.1 Å². The summed E-state index contributed by atoms with van der Waals surface area (Å²) in [6.07, 6.45) is 1.80. The third-order valence-electron chi connectivity index (χ3n) is 2.72. The molecule has 1 heterocycles. The van der Waals surface area contributed by atoms with Crippen LogP contribution in [-0.2, 0) is 6.54 Å². The Balaban J connectivity index is 1.66. The van der Waals surface area contributed by atoms with E-state index in [1.165, 1.54) is 4.90 Å². The number of nitrogens with zero attached hydrogens (tertiary/aromatic N) is 1. The number of nitrogens with one attached hydrogen (secondary N) is 2. The van der Waals surface area contributed by atoms with Crippen molar-refractivity contribution < 1.29 is 4.79 Å². The van der Waals surface area contributed by atoms with Gasteiger partial charge in [-0.2, -0.15) is 0 Å². The van der Waals surface area contributed by atoms with E-state index in [-0.39, 0.29) is 6.03 Å².